The molecule has 0 radical (unpaired) electrons. The van der Waals surface area contributed by atoms with Crippen molar-refractivity contribution >= 4 is 6.03 Å². The third-order valence-corrected chi connectivity index (χ3v) is 5.01. The zero-order valence-corrected chi connectivity index (χ0v) is 14.8. The van der Waals surface area contributed by atoms with E-state index in [-0.39, 0.29) is 6.03 Å². The van der Waals surface area contributed by atoms with Gasteiger partial charge in [0.2, 0.25) is 0 Å². The fourth-order valence-corrected chi connectivity index (χ4v) is 3.41. The second-order valence-corrected chi connectivity index (χ2v) is 6.89. The smallest absolute Gasteiger partial charge is 0.317 e. The summed E-state index contributed by atoms with van der Waals surface area (Å²) >= 11 is 0. The lowest BCUT2D eigenvalue weighted by Gasteiger charge is -2.35. The van der Waals surface area contributed by atoms with Crippen molar-refractivity contribution in [3.8, 4) is 0 Å². The number of fused-ring (bicyclic) bond motifs is 1. The molecule has 1 fully saturated rings. The molecule has 3 rings (SSSR count). The van der Waals surface area contributed by atoms with Crippen LogP contribution >= 0.6 is 0 Å². The number of nitrogens with one attached hydrogen (secondary N) is 1. The normalized spacial score (nSPS) is 20.7. The minimum absolute atomic E-state index is 0.00639. The van der Waals surface area contributed by atoms with E-state index in [1.807, 2.05) is 9.47 Å². The maximum absolute atomic E-state index is 12.3. The summed E-state index contributed by atoms with van der Waals surface area (Å²) in [5, 5.41) is 11.0. The number of aromatic nitrogens is 3. The molecule has 134 valence electrons. The van der Waals surface area contributed by atoms with E-state index in [9.17, 15) is 4.79 Å². The van der Waals surface area contributed by atoms with Crippen LogP contribution in [0.4, 0.5) is 4.79 Å². The summed E-state index contributed by atoms with van der Waals surface area (Å²) in [5.74, 6) is 1.31. The van der Waals surface area contributed by atoms with E-state index < -0.39 is 0 Å². The molecule has 1 aromatic heterocycles. The summed E-state index contributed by atoms with van der Waals surface area (Å²) in [5.41, 5.74) is 0. The van der Waals surface area contributed by atoms with Crippen molar-refractivity contribution in [1.82, 2.24) is 34.8 Å². The molecule has 2 amide bonds. The van der Waals surface area contributed by atoms with Gasteiger partial charge in [0.15, 0.2) is 5.82 Å². The van der Waals surface area contributed by atoms with E-state index >= 15 is 0 Å². The lowest BCUT2D eigenvalue weighted by molar-refractivity contribution is 0.123. The second kappa shape index (κ2) is 7.94. The van der Waals surface area contributed by atoms with Crippen molar-refractivity contribution in [2.75, 3.05) is 52.4 Å². The van der Waals surface area contributed by atoms with Crippen molar-refractivity contribution in [3.05, 3.63) is 12.2 Å². The number of carbonyl (C=O) groups is 1. The van der Waals surface area contributed by atoms with Crippen LogP contribution < -0.4 is 5.32 Å². The first-order valence-corrected chi connectivity index (χ1v) is 9.00. The van der Waals surface area contributed by atoms with Gasteiger partial charge in [0.1, 0.15) is 6.33 Å². The van der Waals surface area contributed by atoms with Crippen molar-refractivity contribution in [2.45, 2.75) is 26.9 Å². The Kier molecular flexibility index (Phi) is 5.68. The molecule has 1 saturated heterocycles. The number of amides is 2. The standard InChI is InChI=1S/C16H29N7O/c1-3-20-4-6-21(7-5-20)11-14(2)10-17-16(24)22-8-9-23-13-18-19-15(23)12-22/h13-14H,3-12H2,1-2H3,(H,17,24). The van der Waals surface area contributed by atoms with Crippen LogP contribution in [0.15, 0.2) is 6.33 Å². The van der Waals surface area contributed by atoms with Crippen LogP contribution in [0.1, 0.15) is 19.7 Å². The molecule has 2 aliphatic rings. The molecule has 24 heavy (non-hydrogen) atoms. The maximum atomic E-state index is 12.3. The molecular weight excluding hydrogens is 306 g/mol. The first-order chi connectivity index (χ1) is 11.7. The Morgan fingerprint density at radius 3 is 2.71 bits per heavy atom. The number of likely N-dealkylation sites (N-methyl/N-ethyl adjacent to an activating group) is 1. The maximum Gasteiger partial charge on any atom is 0.317 e. The monoisotopic (exact) mass is 335 g/mol. The van der Waals surface area contributed by atoms with Gasteiger partial charge in [-0.15, -0.1) is 10.2 Å². The number of rotatable bonds is 5. The average molecular weight is 335 g/mol. The Bertz CT molecular complexity index is 538. The predicted molar refractivity (Wildman–Crippen MR) is 91.5 cm³/mol. The zero-order chi connectivity index (χ0) is 16.9. The summed E-state index contributed by atoms with van der Waals surface area (Å²) < 4.78 is 2.00. The highest BCUT2D eigenvalue weighted by atomic mass is 16.2. The highest BCUT2D eigenvalue weighted by molar-refractivity contribution is 5.74. The van der Waals surface area contributed by atoms with Crippen molar-refractivity contribution in [3.63, 3.8) is 0 Å². The Morgan fingerprint density at radius 1 is 1.21 bits per heavy atom. The fourth-order valence-electron chi connectivity index (χ4n) is 3.41. The molecule has 1 N–H and O–H groups in total. The minimum atomic E-state index is 0.00639. The zero-order valence-electron chi connectivity index (χ0n) is 14.8. The summed E-state index contributed by atoms with van der Waals surface area (Å²) in [4.78, 5) is 19.2. The summed E-state index contributed by atoms with van der Waals surface area (Å²) in [6, 6.07) is 0.00639. The van der Waals surface area contributed by atoms with Gasteiger partial charge in [-0.05, 0) is 12.5 Å². The van der Waals surface area contributed by atoms with Crippen LogP contribution in [-0.4, -0.2) is 87.9 Å². The highest BCUT2D eigenvalue weighted by Crippen LogP contribution is 2.09. The van der Waals surface area contributed by atoms with Crippen LogP contribution in [0.3, 0.4) is 0 Å². The molecule has 8 heteroatoms. The van der Waals surface area contributed by atoms with Crippen LogP contribution in [0, 0.1) is 5.92 Å². The highest BCUT2D eigenvalue weighted by Gasteiger charge is 2.22. The summed E-state index contributed by atoms with van der Waals surface area (Å²) in [7, 11) is 0. The first kappa shape index (κ1) is 17.2. The lowest BCUT2D eigenvalue weighted by atomic mass is 10.1. The number of hydrogen-bond acceptors (Lipinski definition) is 5. The van der Waals surface area contributed by atoms with E-state index in [1.165, 1.54) is 0 Å². The van der Waals surface area contributed by atoms with Crippen LogP contribution in [0.5, 0.6) is 0 Å². The van der Waals surface area contributed by atoms with Crippen LogP contribution in [0.25, 0.3) is 0 Å². The van der Waals surface area contributed by atoms with E-state index in [0.717, 1.165) is 58.2 Å². The average Bonchev–Trinajstić information content (AvgIpc) is 3.08. The van der Waals surface area contributed by atoms with Crippen LogP contribution in [0.2, 0.25) is 0 Å². The minimum Gasteiger partial charge on any atom is -0.338 e. The molecule has 8 nitrogen and oxygen atoms in total. The molecule has 0 aromatic carbocycles. The predicted octanol–water partition coefficient (Wildman–Crippen LogP) is 0.0769. The summed E-state index contributed by atoms with van der Waals surface area (Å²) in [6.45, 7) is 13.9. The van der Waals surface area contributed by atoms with Gasteiger partial charge in [-0.25, -0.2) is 4.79 Å². The van der Waals surface area contributed by atoms with Gasteiger partial charge in [0.05, 0.1) is 6.54 Å². The summed E-state index contributed by atoms with van der Waals surface area (Å²) in [6.07, 6.45) is 1.73. The third-order valence-electron chi connectivity index (χ3n) is 5.01. The molecule has 0 aliphatic carbocycles. The number of hydrogen-bond donors (Lipinski definition) is 1. The van der Waals surface area contributed by atoms with Gasteiger partial charge in [-0.1, -0.05) is 13.8 Å². The van der Waals surface area contributed by atoms with E-state index in [4.69, 9.17) is 0 Å². The molecule has 1 atom stereocenters. The lowest BCUT2D eigenvalue weighted by Crippen LogP contribution is -2.49. The second-order valence-electron chi connectivity index (χ2n) is 6.89. The largest absolute Gasteiger partial charge is 0.338 e. The molecular formula is C16H29N7O. The molecule has 1 aromatic rings. The number of urea groups is 1. The molecule has 0 spiro atoms. The van der Waals surface area contributed by atoms with Crippen LogP contribution in [-0.2, 0) is 13.1 Å². The van der Waals surface area contributed by atoms with Crippen molar-refractivity contribution in [1.29, 1.82) is 0 Å². The van der Waals surface area contributed by atoms with Gasteiger partial charge in [-0.2, -0.15) is 0 Å². The van der Waals surface area contributed by atoms with Crippen molar-refractivity contribution < 1.29 is 4.79 Å². The Morgan fingerprint density at radius 2 is 1.96 bits per heavy atom. The molecule has 2 aliphatic heterocycles. The SMILES string of the molecule is CCN1CCN(CC(C)CNC(=O)N2CCn3cnnc3C2)CC1. The molecule has 1 unspecified atom stereocenters. The van der Waals surface area contributed by atoms with E-state index in [1.54, 1.807) is 6.33 Å². The third kappa shape index (κ3) is 4.24. The number of piperazine rings is 1. The van der Waals surface area contributed by atoms with Gasteiger partial charge in [0.25, 0.3) is 0 Å². The van der Waals surface area contributed by atoms with Crippen molar-refractivity contribution in [2.24, 2.45) is 5.92 Å². The Labute approximate surface area is 143 Å². The molecule has 0 bridgehead atoms. The van der Waals surface area contributed by atoms with E-state index in [2.05, 4.69) is 39.2 Å². The van der Waals surface area contributed by atoms with E-state index in [0.29, 0.717) is 19.0 Å². The van der Waals surface area contributed by atoms with Gasteiger partial charge >= 0.3 is 6.03 Å². The first-order valence-electron chi connectivity index (χ1n) is 9.00. The van der Waals surface area contributed by atoms with Gasteiger partial charge in [0, 0.05) is 52.4 Å². The quantitative estimate of drug-likeness (QED) is 0.825. The molecule has 3 heterocycles. The number of nitrogens with zero attached hydrogens (tertiary/aromatic N) is 6. The Hall–Kier alpha value is -1.67. The fraction of sp³-hybridized carbons (Fsp3) is 0.812. The Balaban J connectivity index is 1.37. The topological polar surface area (TPSA) is 69.5 Å². The number of carbonyl (C=O) groups excluding carboxylic acids is 1. The molecule has 0 saturated carbocycles. The van der Waals surface area contributed by atoms with Gasteiger partial charge < -0.3 is 24.6 Å². The van der Waals surface area contributed by atoms with Gasteiger partial charge in [-0.3, -0.25) is 0 Å².